The van der Waals surface area contributed by atoms with Gasteiger partial charge in [0.2, 0.25) is 5.78 Å². The van der Waals surface area contributed by atoms with Crippen molar-refractivity contribution in [2.45, 2.75) is 175 Å². The zero-order valence-electron chi connectivity index (χ0n) is 51.4. The van der Waals surface area contributed by atoms with E-state index in [2.05, 4.69) is 51.7 Å². The molecule has 492 valence electrons. The maximum Gasteiger partial charge on any atom is 0.411 e. The van der Waals surface area contributed by atoms with Crippen LogP contribution in [0.25, 0.3) is 0 Å². The molecule has 0 spiro atoms. The van der Waals surface area contributed by atoms with Crippen LogP contribution < -0.4 is 30.9 Å². The Labute approximate surface area is 533 Å². The van der Waals surface area contributed by atoms with Crippen LogP contribution in [0, 0.1) is 23.7 Å². The van der Waals surface area contributed by atoms with E-state index in [-0.39, 0.29) is 88.3 Å². The van der Waals surface area contributed by atoms with Crippen LogP contribution in [0.5, 0.6) is 11.5 Å². The zero-order chi connectivity index (χ0) is 64.9. The number of Topliss-reactive ketones (excluding diaryl/α,β-unsaturated/α-hetero) is 1. The maximum absolute atomic E-state index is 15.6. The molecule has 26 nitrogen and oxygen atoms in total. The molecule has 8 N–H and O–H groups in total. The molecule has 4 fully saturated rings. The summed E-state index contributed by atoms with van der Waals surface area (Å²) in [5.41, 5.74) is -0.949. The van der Waals surface area contributed by atoms with E-state index in [0.29, 0.717) is 0 Å². The summed E-state index contributed by atoms with van der Waals surface area (Å²) in [6.45, 7) is 12.6. The number of methoxy groups -OCH3 is 5. The topological polar surface area (TPSA) is 327 Å². The Morgan fingerprint density at radius 3 is 2.22 bits per heavy atom. The zero-order valence-corrected chi connectivity index (χ0v) is 54.6. The molecule has 89 heavy (non-hydrogen) atoms. The van der Waals surface area contributed by atoms with Crippen LogP contribution >= 0.6 is 43.2 Å². The molecule has 1 aromatic rings. The predicted octanol–water partition coefficient (Wildman–Crippen LogP) is 3.42. The van der Waals surface area contributed by atoms with Gasteiger partial charge in [-0.3, -0.25) is 19.7 Å². The van der Waals surface area contributed by atoms with Gasteiger partial charge in [-0.2, -0.15) is 17.2 Å². The normalized spacial score (nSPS) is 34.4. The minimum Gasteiger partial charge on any atom is -0.493 e. The van der Waals surface area contributed by atoms with Gasteiger partial charge in [-0.05, 0) is 55.3 Å². The largest absolute Gasteiger partial charge is 0.493 e. The number of hydrogen-bond donors (Lipinski definition) is 8. The minimum atomic E-state index is -2.66. The standard InChI is InChI=1S/C59H80N4O22S4/c1-28(2)60-36-27-77-43(25-39(36)73-8)83-52-50(66)47(63-85-45-24-37(64)53(86-12)31(5)79-45)29(3)80-57(52)82-38-18-16-14-15-17-20-59(71)34(19-21-88-89-87-13)46(38)48(62-58(70)76-11)51(67)54(59)84-44-26-42(49(65)30(4)78-44)81-56(69)33-22-40(74-9)41(75-10)23-35(33)61-55(68)32(6)72-7/h14-15,19,22-23,28-31,36-39,42-45,47,49-50,52-54,57,60,63-66,71H,6,21,24-27H2,1-5,7-13H3,(H,61,68)(H,62,70)/b15-14-,34-19+/t29?,30?,31?,36?,37?,38-,39?,42?,43?,44?,45?,47?,49?,50?,52?,53?,54?,57?,59+/m0/s1. The minimum absolute atomic E-state index is 0.0843. The molecule has 1 aromatic carbocycles. The van der Waals surface area contributed by atoms with Crippen molar-refractivity contribution >= 4 is 72.6 Å². The summed E-state index contributed by atoms with van der Waals surface area (Å²) in [5, 5.41) is 56.8. The van der Waals surface area contributed by atoms with E-state index < -0.39 is 134 Å². The monoisotopic (exact) mass is 1320 g/mol. The highest BCUT2D eigenvalue weighted by Crippen LogP contribution is 2.44. The molecule has 0 aromatic heterocycles. The van der Waals surface area contributed by atoms with Crippen molar-refractivity contribution in [3.63, 3.8) is 0 Å². The number of aliphatic hydroxyl groups excluding tert-OH is 3. The van der Waals surface area contributed by atoms with E-state index in [4.69, 9.17) is 66.4 Å². The van der Waals surface area contributed by atoms with Gasteiger partial charge in [-0.15, -0.1) is 0 Å². The first-order chi connectivity index (χ1) is 42.5. The number of alkyl carbamates (subject to hydrolysis) is 1. The molecule has 2 bridgehead atoms. The van der Waals surface area contributed by atoms with E-state index in [1.807, 2.05) is 33.3 Å². The first kappa shape index (κ1) is 71.8. The van der Waals surface area contributed by atoms with Crippen LogP contribution in [0.3, 0.4) is 0 Å². The Balaban J connectivity index is 1.27. The third-order valence-electron chi connectivity index (χ3n) is 15.2. The van der Waals surface area contributed by atoms with Gasteiger partial charge in [0, 0.05) is 61.4 Å². The smallest absolute Gasteiger partial charge is 0.411 e. The van der Waals surface area contributed by atoms with Gasteiger partial charge >= 0.3 is 12.1 Å². The second kappa shape index (κ2) is 33.3. The lowest BCUT2D eigenvalue weighted by Gasteiger charge is -2.47. The highest BCUT2D eigenvalue weighted by atomic mass is 33.5. The van der Waals surface area contributed by atoms with Gasteiger partial charge in [-0.1, -0.05) is 71.8 Å². The average molecular weight is 1330 g/mol. The molecule has 4 aliphatic heterocycles. The number of benzene rings is 1. The van der Waals surface area contributed by atoms with Gasteiger partial charge in [0.1, 0.15) is 30.5 Å². The summed E-state index contributed by atoms with van der Waals surface area (Å²) in [6.07, 6.45) is -11.7. The average Bonchev–Trinajstić information content (AvgIpc) is 0.971. The number of hydrogen-bond acceptors (Lipinski definition) is 28. The molecule has 30 heteroatoms. The van der Waals surface area contributed by atoms with Crippen molar-refractivity contribution in [3.8, 4) is 35.2 Å². The Morgan fingerprint density at radius 2 is 1.56 bits per heavy atom. The summed E-state index contributed by atoms with van der Waals surface area (Å²) >= 11 is 1.47. The summed E-state index contributed by atoms with van der Waals surface area (Å²) < 4.78 is 77.9. The Bertz CT molecular complexity index is 2890. The van der Waals surface area contributed by atoms with Crippen molar-refractivity contribution in [2.75, 3.05) is 65.7 Å². The van der Waals surface area contributed by atoms with Gasteiger partial charge < -0.3 is 92.6 Å². The van der Waals surface area contributed by atoms with E-state index in [1.54, 1.807) is 20.1 Å². The number of thioether (sulfide) groups is 1. The van der Waals surface area contributed by atoms with Crippen LogP contribution in [-0.2, 0) is 66.5 Å². The Hall–Kier alpha value is -4.62. The number of carbonyl (C=O) groups is 4. The highest BCUT2D eigenvalue weighted by Gasteiger charge is 2.57. The number of ketones is 1. The lowest BCUT2D eigenvalue weighted by atomic mass is 9.73. The SMILES string of the molecule is C=C(OC)C(=O)Nc1cc(OC)c(OC)cc1C(=O)OC1CC(OC2C(=O)C(NC(=O)OC)=C3/C(=C\CSSSC)[C@]2(O)C#C/C=C\C#C[C@@H]3OC2OC(C)C(NOC3CC(O)C(SC)C(C)O3)C(O)C2OC2CC(OC)C(NC(C)C)CO2)OC(C)C1O. The third kappa shape index (κ3) is 17.6. The number of carbonyl (C=O) groups excluding carboxylic acids is 4. The summed E-state index contributed by atoms with van der Waals surface area (Å²) in [6, 6.07) is 1.39. The number of fused-ring (bicyclic) bond motifs is 2. The Morgan fingerprint density at radius 1 is 0.854 bits per heavy atom. The number of ether oxygens (including phenoxy) is 13. The maximum atomic E-state index is 15.6. The van der Waals surface area contributed by atoms with Gasteiger partial charge in [0.05, 0.1) is 99.8 Å². The third-order valence-corrected chi connectivity index (χ3v) is 20.2. The molecule has 2 aliphatic carbocycles. The molecule has 4 saturated heterocycles. The fraction of sp³-hybridized carbons (Fsp3) is 0.627. The molecule has 7 rings (SSSR count). The van der Waals surface area contributed by atoms with Crippen LogP contribution in [0.15, 0.2) is 59.5 Å². The van der Waals surface area contributed by atoms with Crippen LogP contribution in [-0.4, -0.2) is 226 Å². The number of aliphatic hydroxyl groups is 4. The van der Waals surface area contributed by atoms with E-state index >= 15 is 4.79 Å². The fourth-order valence-corrected chi connectivity index (χ4v) is 14.1. The van der Waals surface area contributed by atoms with Gasteiger partial charge in [-0.25, -0.2) is 9.59 Å². The molecular formula is C59H80N4O22S4. The molecule has 2 amide bonds. The number of nitrogens with one attached hydrogen (secondary N) is 4. The number of anilines is 1. The molecule has 17 unspecified atom stereocenters. The summed E-state index contributed by atoms with van der Waals surface area (Å²) in [7, 11) is 10.8. The van der Waals surface area contributed by atoms with Crippen LogP contribution in [0.1, 0.15) is 64.2 Å². The van der Waals surface area contributed by atoms with Crippen LogP contribution in [0.2, 0.25) is 0 Å². The summed E-state index contributed by atoms with van der Waals surface area (Å²) in [5.74, 6) is 8.60. The molecule has 4 heterocycles. The lowest BCUT2D eigenvalue weighted by molar-refractivity contribution is -0.336. The second-order valence-electron chi connectivity index (χ2n) is 21.4. The van der Waals surface area contributed by atoms with E-state index in [9.17, 15) is 34.8 Å². The molecule has 0 saturated carbocycles. The fourth-order valence-electron chi connectivity index (χ4n) is 10.8. The van der Waals surface area contributed by atoms with Gasteiger partial charge in [0.25, 0.3) is 5.91 Å². The van der Waals surface area contributed by atoms with Crippen molar-refractivity contribution in [1.82, 2.24) is 16.1 Å². The first-order valence-corrected chi connectivity index (χ1v) is 33.8. The van der Waals surface area contributed by atoms with Crippen molar-refractivity contribution < 1.29 is 106 Å². The molecular weight excluding hydrogens is 1240 g/mol. The molecule has 6 aliphatic rings. The quantitative estimate of drug-likeness (QED) is 0.0132. The van der Waals surface area contributed by atoms with Crippen molar-refractivity contribution in [2.24, 2.45) is 0 Å². The van der Waals surface area contributed by atoms with Crippen molar-refractivity contribution in [1.29, 1.82) is 0 Å². The number of esters is 1. The van der Waals surface area contributed by atoms with Crippen LogP contribution in [0.4, 0.5) is 10.5 Å². The Kier molecular flexibility index (Phi) is 26.9. The lowest BCUT2D eigenvalue weighted by Crippen LogP contribution is -2.65. The molecule has 0 radical (unpaired) electrons. The number of hydroxylamine groups is 1. The van der Waals surface area contributed by atoms with E-state index in [0.717, 1.165) is 7.11 Å². The van der Waals surface area contributed by atoms with Gasteiger partial charge in [0.15, 0.2) is 54.1 Å². The highest BCUT2D eigenvalue weighted by molar-refractivity contribution is 9.09. The first-order valence-electron chi connectivity index (χ1n) is 28.4. The van der Waals surface area contributed by atoms with Crippen molar-refractivity contribution in [3.05, 3.63) is 65.1 Å². The number of amides is 2. The number of allylic oxidation sites excluding steroid dienone is 2. The summed E-state index contributed by atoms with van der Waals surface area (Å²) in [4.78, 5) is 62.5. The van der Waals surface area contributed by atoms with E-state index in [1.165, 1.54) is 95.7 Å². The molecule has 19 atom stereocenters. The second-order valence-corrected chi connectivity index (χ2v) is 26.8. The number of rotatable bonds is 25. The predicted molar refractivity (Wildman–Crippen MR) is 330 cm³/mol.